The van der Waals surface area contributed by atoms with Gasteiger partial charge in [-0.3, -0.25) is 0 Å². The van der Waals surface area contributed by atoms with Crippen molar-refractivity contribution in [2.24, 2.45) is 0 Å². The van der Waals surface area contributed by atoms with E-state index in [1.807, 2.05) is 43.3 Å². The van der Waals surface area contributed by atoms with Gasteiger partial charge in [-0.05, 0) is 23.6 Å². The summed E-state index contributed by atoms with van der Waals surface area (Å²) in [6.45, 7) is 1.92. The van der Waals surface area contributed by atoms with E-state index in [2.05, 4.69) is 0 Å². The highest BCUT2D eigenvalue weighted by atomic mass is 16.5. The first-order valence-electron chi connectivity index (χ1n) is 4.80. The third-order valence-corrected chi connectivity index (χ3v) is 2.50. The Hall–Kier alpha value is -1.83. The third kappa shape index (κ3) is 1.59. The maximum Gasteiger partial charge on any atom is 0.338 e. The highest BCUT2D eigenvalue weighted by Gasteiger charge is 2.18. The van der Waals surface area contributed by atoms with Crippen molar-refractivity contribution in [3.63, 3.8) is 0 Å². The summed E-state index contributed by atoms with van der Waals surface area (Å²) in [5.41, 5.74) is 3.65. The summed E-state index contributed by atoms with van der Waals surface area (Å²) in [5, 5.41) is 0. The van der Waals surface area contributed by atoms with Gasteiger partial charge in [-0.2, -0.15) is 0 Å². The average molecular weight is 200 g/mol. The molecule has 0 aliphatic heterocycles. The van der Waals surface area contributed by atoms with Crippen molar-refractivity contribution in [1.82, 2.24) is 0 Å². The van der Waals surface area contributed by atoms with Crippen LogP contribution in [-0.2, 0) is 4.74 Å². The number of esters is 1. The van der Waals surface area contributed by atoms with Gasteiger partial charge in [0.25, 0.3) is 0 Å². The number of hydrogen-bond acceptors (Lipinski definition) is 2. The molecule has 0 radical (unpaired) electrons. The zero-order chi connectivity index (χ0) is 10.8. The topological polar surface area (TPSA) is 26.3 Å². The van der Waals surface area contributed by atoms with Crippen LogP contribution < -0.4 is 0 Å². The number of carbonyl (C=O) groups is 1. The minimum atomic E-state index is -0.270. The van der Waals surface area contributed by atoms with Gasteiger partial charge < -0.3 is 4.74 Å². The van der Waals surface area contributed by atoms with Crippen LogP contribution in [0.25, 0.3) is 11.1 Å². The standard InChI is InChI=1S/C13H12O2/c1-9-8-10-6-4-3-5-7-11(10)12(9)13(14)15-2/h3-8H,1-2H3. The number of carbonyl (C=O) groups excluding carboxylic acids is 1. The molecule has 0 spiro atoms. The van der Waals surface area contributed by atoms with Crippen LogP contribution in [0.2, 0.25) is 0 Å². The zero-order valence-corrected chi connectivity index (χ0v) is 8.78. The Bertz CT molecular complexity index is 474. The molecule has 0 fully saturated rings. The van der Waals surface area contributed by atoms with E-state index in [0.717, 1.165) is 16.7 Å². The smallest absolute Gasteiger partial charge is 0.338 e. The highest BCUT2D eigenvalue weighted by Crippen LogP contribution is 2.30. The first kappa shape index (κ1) is 9.71. The first-order chi connectivity index (χ1) is 7.24. The zero-order valence-electron chi connectivity index (χ0n) is 8.78. The van der Waals surface area contributed by atoms with Crippen molar-refractivity contribution in [2.75, 3.05) is 7.11 Å². The van der Waals surface area contributed by atoms with Crippen LogP contribution in [0.5, 0.6) is 0 Å². The number of rotatable bonds is 1. The Morgan fingerprint density at radius 1 is 1.20 bits per heavy atom. The van der Waals surface area contributed by atoms with E-state index in [0.29, 0.717) is 5.56 Å². The molecule has 0 aromatic heterocycles. The molecule has 0 N–H and O–H groups in total. The molecule has 2 rings (SSSR count). The molecule has 0 amide bonds. The molecular formula is C13H12O2. The molecule has 76 valence electrons. The Kier molecular flexibility index (Phi) is 2.42. The number of fused-ring (bicyclic) bond motifs is 1. The lowest BCUT2D eigenvalue weighted by Crippen LogP contribution is -2.02. The Morgan fingerprint density at radius 3 is 2.67 bits per heavy atom. The molecule has 0 heterocycles. The Balaban J connectivity index is 2.68. The molecular weight excluding hydrogens is 188 g/mol. The fraction of sp³-hybridized carbons (Fsp3) is 0.154. The number of aryl methyl sites for hydroxylation is 1. The first-order valence-corrected chi connectivity index (χ1v) is 4.80. The predicted molar refractivity (Wildman–Crippen MR) is 59.1 cm³/mol. The summed E-state index contributed by atoms with van der Waals surface area (Å²) in [6.07, 6.45) is 0. The van der Waals surface area contributed by atoms with Crippen molar-refractivity contribution in [1.29, 1.82) is 0 Å². The van der Waals surface area contributed by atoms with E-state index in [1.54, 1.807) is 0 Å². The fourth-order valence-electron chi connectivity index (χ4n) is 1.81. The molecule has 15 heavy (non-hydrogen) atoms. The minimum Gasteiger partial charge on any atom is -0.465 e. The van der Waals surface area contributed by atoms with E-state index in [4.69, 9.17) is 4.74 Å². The molecule has 0 saturated heterocycles. The summed E-state index contributed by atoms with van der Waals surface area (Å²) < 4.78 is 4.78. The second-order valence-electron chi connectivity index (χ2n) is 3.47. The van der Waals surface area contributed by atoms with Gasteiger partial charge in [-0.25, -0.2) is 4.79 Å². The SMILES string of the molecule is COC(=O)c1c(C)cc2cccccc1-2. The molecule has 2 nitrogen and oxygen atoms in total. The molecule has 0 unspecified atom stereocenters. The van der Waals surface area contributed by atoms with Crippen LogP contribution in [0.4, 0.5) is 0 Å². The maximum atomic E-state index is 11.6. The van der Waals surface area contributed by atoms with Crippen LogP contribution in [0, 0.1) is 6.92 Å². The van der Waals surface area contributed by atoms with Gasteiger partial charge in [-0.1, -0.05) is 36.4 Å². The predicted octanol–water partition coefficient (Wildman–Crippen LogP) is 2.89. The molecule has 0 atom stereocenters. The second kappa shape index (κ2) is 3.73. The lowest BCUT2D eigenvalue weighted by atomic mass is 10.1. The lowest BCUT2D eigenvalue weighted by molar-refractivity contribution is 0.0601. The summed E-state index contributed by atoms with van der Waals surface area (Å²) in [4.78, 5) is 11.6. The number of methoxy groups -OCH3 is 1. The largest absolute Gasteiger partial charge is 0.465 e. The number of hydrogen-bond donors (Lipinski definition) is 0. The Labute approximate surface area is 88.8 Å². The van der Waals surface area contributed by atoms with Gasteiger partial charge in [0.15, 0.2) is 0 Å². The van der Waals surface area contributed by atoms with Crippen LogP contribution in [-0.4, -0.2) is 13.1 Å². The Morgan fingerprint density at radius 2 is 1.93 bits per heavy atom. The van der Waals surface area contributed by atoms with Crippen LogP contribution in [0.1, 0.15) is 15.9 Å². The van der Waals surface area contributed by atoms with E-state index in [-0.39, 0.29) is 5.97 Å². The average Bonchev–Trinajstić information content (AvgIpc) is 2.40. The van der Waals surface area contributed by atoms with E-state index < -0.39 is 0 Å². The number of ether oxygens (including phenoxy) is 1. The van der Waals surface area contributed by atoms with Gasteiger partial charge in [0.05, 0.1) is 12.7 Å². The third-order valence-electron chi connectivity index (χ3n) is 2.50. The molecule has 0 bridgehead atoms. The molecule has 2 aliphatic rings. The van der Waals surface area contributed by atoms with Gasteiger partial charge in [0, 0.05) is 0 Å². The summed E-state index contributed by atoms with van der Waals surface area (Å²) in [7, 11) is 1.41. The van der Waals surface area contributed by atoms with Crippen molar-refractivity contribution < 1.29 is 9.53 Å². The van der Waals surface area contributed by atoms with Crippen molar-refractivity contribution in [3.05, 3.63) is 47.5 Å². The summed E-state index contributed by atoms with van der Waals surface area (Å²) in [5.74, 6) is -0.270. The quantitative estimate of drug-likeness (QED) is 0.661. The molecule has 0 aromatic rings. The van der Waals surface area contributed by atoms with E-state index in [9.17, 15) is 4.79 Å². The minimum absolute atomic E-state index is 0.270. The second-order valence-corrected chi connectivity index (χ2v) is 3.47. The van der Waals surface area contributed by atoms with Crippen LogP contribution >= 0.6 is 0 Å². The van der Waals surface area contributed by atoms with Crippen LogP contribution in [0.3, 0.4) is 0 Å². The molecule has 0 saturated carbocycles. The van der Waals surface area contributed by atoms with Crippen molar-refractivity contribution in [2.45, 2.75) is 6.92 Å². The summed E-state index contributed by atoms with van der Waals surface area (Å²) >= 11 is 0. The molecule has 0 aromatic carbocycles. The van der Waals surface area contributed by atoms with Gasteiger partial charge in [-0.15, -0.1) is 0 Å². The van der Waals surface area contributed by atoms with Gasteiger partial charge in [0.1, 0.15) is 0 Å². The van der Waals surface area contributed by atoms with Crippen molar-refractivity contribution in [3.8, 4) is 11.1 Å². The van der Waals surface area contributed by atoms with Gasteiger partial charge >= 0.3 is 5.97 Å². The van der Waals surface area contributed by atoms with Gasteiger partial charge in [0.2, 0.25) is 0 Å². The van der Waals surface area contributed by atoms with Crippen LogP contribution in [0.15, 0.2) is 36.4 Å². The van der Waals surface area contributed by atoms with E-state index >= 15 is 0 Å². The highest BCUT2D eigenvalue weighted by molar-refractivity contribution is 6.00. The maximum absolute atomic E-state index is 11.6. The fourth-order valence-corrected chi connectivity index (χ4v) is 1.81. The normalized spacial score (nSPS) is 10.3. The lowest BCUT2D eigenvalue weighted by Gasteiger charge is -2.00. The van der Waals surface area contributed by atoms with Crippen molar-refractivity contribution >= 4 is 5.97 Å². The monoisotopic (exact) mass is 200 g/mol. The summed E-state index contributed by atoms with van der Waals surface area (Å²) in [6, 6.07) is 11.8. The van der Waals surface area contributed by atoms with E-state index in [1.165, 1.54) is 7.11 Å². The molecule has 2 aliphatic carbocycles. The molecule has 2 heteroatoms.